The molecule has 2 fully saturated rings. The summed E-state index contributed by atoms with van der Waals surface area (Å²) in [4.78, 5) is 0. The Hall–Kier alpha value is 0.114. The average Bonchev–Trinajstić information content (AvgIpc) is 3.15. The van der Waals surface area contributed by atoms with Crippen LogP contribution in [0.2, 0.25) is 0 Å². The molecule has 2 N–H and O–H groups in total. The number of alkyl halides is 6. The number of hydrogen-bond acceptors (Lipinski definition) is 4. The van der Waals surface area contributed by atoms with E-state index in [4.69, 9.17) is 25.9 Å². The molecule has 0 aliphatic heterocycles. The van der Waals surface area contributed by atoms with Gasteiger partial charge in [-0.1, -0.05) is 0 Å². The van der Waals surface area contributed by atoms with Crippen molar-refractivity contribution < 1.29 is 74.0 Å². The van der Waals surface area contributed by atoms with E-state index in [0.717, 1.165) is 0 Å². The molecule has 2 rings (SSSR count). The molecule has 2 aliphatic rings. The number of halogens is 6. The molecule has 2 saturated carbocycles. The zero-order valence-electron chi connectivity index (χ0n) is 12.9. The van der Waals surface area contributed by atoms with Crippen molar-refractivity contribution >= 4 is 20.2 Å². The van der Waals surface area contributed by atoms with Crippen molar-refractivity contribution in [3.63, 3.8) is 0 Å². The molecule has 0 heterocycles. The molecule has 0 amide bonds. The van der Waals surface area contributed by atoms with Gasteiger partial charge in [-0.15, -0.1) is 0 Å². The van der Waals surface area contributed by atoms with Crippen molar-refractivity contribution in [3.8, 4) is 0 Å². The third kappa shape index (κ3) is 19.2. The second kappa shape index (κ2) is 14.2. The minimum absolute atomic E-state index is 0. The van der Waals surface area contributed by atoms with E-state index in [1.165, 1.54) is 0 Å². The van der Waals surface area contributed by atoms with Gasteiger partial charge >= 0.3 is 31.3 Å². The minimum Gasteiger partial charge on any atom is -0.279 e. The van der Waals surface area contributed by atoms with Crippen molar-refractivity contribution in [1.29, 1.82) is 0 Å². The molecule has 0 saturated heterocycles. The Morgan fingerprint density at radius 2 is 0.556 bits per heavy atom. The van der Waals surface area contributed by atoms with Gasteiger partial charge in [-0.2, -0.15) is 43.2 Å². The normalized spacial score (nSPS) is 17.2. The molecule has 0 spiro atoms. The average molecular weight is 478 g/mol. The SMILES string of the molecule is O=S(=O)(O)C(F)(F)F.O=S(=O)(O)C(F)(F)F.[CH]1[CH][CH][CH][CH]1.[CH]1[CH][CH][CH][CH]1.[Ti]. The van der Waals surface area contributed by atoms with Crippen LogP contribution in [-0.4, -0.2) is 37.0 Å². The monoisotopic (exact) mass is 478 g/mol. The second-order valence-corrected chi connectivity index (χ2v) is 6.59. The van der Waals surface area contributed by atoms with Crippen LogP contribution < -0.4 is 0 Å². The summed E-state index contributed by atoms with van der Waals surface area (Å²) in [6.45, 7) is 0. The van der Waals surface area contributed by atoms with Gasteiger partial charge < -0.3 is 0 Å². The molecule has 10 radical (unpaired) electrons. The Morgan fingerprint density at radius 1 is 0.481 bits per heavy atom. The summed E-state index contributed by atoms with van der Waals surface area (Å²) < 4.78 is 115. The van der Waals surface area contributed by atoms with Crippen LogP contribution in [0.3, 0.4) is 0 Å². The molecule has 15 heteroatoms. The van der Waals surface area contributed by atoms with Crippen LogP contribution in [-0.2, 0) is 42.0 Å². The second-order valence-electron chi connectivity index (χ2n) is 3.77. The molecule has 27 heavy (non-hydrogen) atoms. The van der Waals surface area contributed by atoms with Crippen molar-refractivity contribution in [2.24, 2.45) is 0 Å². The van der Waals surface area contributed by atoms with Gasteiger partial charge in [-0.25, -0.2) is 0 Å². The Labute approximate surface area is 169 Å². The summed E-state index contributed by atoms with van der Waals surface area (Å²) in [5.41, 5.74) is -11.1. The Kier molecular flexibility index (Phi) is 16.7. The summed E-state index contributed by atoms with van der Waals surface area (Å²) in [5, 5.41) is 0. The maximum Gasteiger partial charge on any atom is 0.522 e. The zero-order chi connectivity index (χ0) is 21.1. The van der Waals surface area contributed by atoms with E-state index in [9.17, 15) is 26.3 Å². The smallest absolute Gasteiger partial charge is 0.279 e. The van der Waals surface area contributed by atoms with Crippen molar-refractivity contribution in [1.82, 2.24) is 0 Å². The molecule has 0 atom stereocenters. The van der Waals surface area contributed by atoms with E-state index in [1.807, 2.05) is 64.2 Å². The van der Waals surface area contributed by atoms with Gasteiger partial charge in [0.05, 0.1) is 0 Å². The van der Waals surface area contributed by atoms with Crippen LogP contribution >= 0.6 is 0 Å². The predicted octanol–water partition coefficient (Wildman–Crippen LogP) is 2.83. The first-order valence-corrected chi connectivity index (χ1v) is 8.79. The number of rotatable bonds is 0. The summed E-state index contributed by atoms with van der Waals surface area (Å²) in [7, 11) is -11.7. The van der Waals surface area contributed by atoms with E-state index < -0.39 is 31.3 Å². The van der Waals surface area contributed by atoms with Crippen LogP contribution in [0.1, 0.15) is 0 Å². The molecule has 0 bridgehead atoms. The quantitative estimate of drug-likeness (QED) is 0.240. The fraction of sp³-hybridized carbons (Fsp3) is 0.167. The van der Waals surface area contributed by atoms with Gasteiger partial charge in [0.25, 0.3) is 0 Å². The van der Waals surface area contributed by atoms with Crippen LogP contribution in [0.25, 0.3) is 0 Å². The van der Waals surface area contributed by atoms with E-state index in [0.29, 0.717) is 0 Å². The van der Waals surface area contributed by atoms with Crippen LogP contribution in [0.5, 0.6) is 0 Å². The molecule has 0 unspecified atom stereocenters. The molecular formula is C12H12F6O6S2Ti. The van der Waals surface area contributed by atoms with Gasteiger partial charge in [-0.3, -0.25) is 9.11 Å². The fourth-order valence-corrected chi connectivity index (χ4v) is 0.642. The van der Waals surface area contributed by atoms with Crippen LogP contribution in [0, 0.1) is 64.2 Å². The summed E-state index contributed by atoms with van der Waals surface area (Å²) >= 11 is 0. The standard InChI is InChI=1S/2C5H5.2CHF3O3S.Ti/c2*1-2-4-5-3-1;2*2-1(3,4)8(5,6)7;/h2*1-5H;2*(H,5,6,7);. The van der Waals surface area contributed by atoms with E-state index in [1.54, 1.807) is 0 Å². The summed E-state index contributed by atoms with van der Waals surface area (Å²) in [6.07, 6.45) is 20.0. The fourth-order valence-electron chi connectivity index (χ4n) is 0.642. The first-order valence-electron chi connectivity index (χ1n) is 5.91. The third-order valence-electron chi connectivity index (χ3n) is 1.70. The maximum absolute atomic E-state index is 10.7. The van der Waals surface area contributed by atoms with Gasteiger partial charge in [0, 0.05) is 21.7 Å². The predicted molar refractivity (Wildman–Crippen MR) is 78.2 cm³/mol. The van der Waals surface area contributed by atoms with Crippen molar-refractivity contribution in [2.75, 3.05) is 0 Å². The van der Waals surface area contributed by atoms with Gasteiger partial charge in [-0.05, 0) is 64.2 Å². The van der Waals surface area contributed by atoms with E-state index in [-0.39, 0.29) is 21.7 Å². The van der Waals surface area contributed by atoms with Crippen molar-refractivity contribution in [3.05, 3.63) is 64.2 Å². The largest absolute Gasteiger partial charge is 0.522 e. The molecule has 154 valence electrons. The Balaban J connectivity index is -0.000000286. The molecular weight excluding hydrogens is 466 g/mol. The molecule has 0 aromatic carbocycles. The zero-order valence-corrected chi connectivity index (χ0v) is 16.1. The van der Waals surface area contributed by atoms with Crippen LogP contribution in [0.4, 0.5) is 26.3 Å². The molecule has 0 aromatic rings. The minimum atomic E-state index is -5.84. The van der Waals surface area contributed by atoms with E-state index >= 15 is 0 Å². The third-order valence-corrected chi connectivity index (χ3v) is 2.87. The first kappa shape index (κ1) is 31.8. The van der Waals surface area contributed by atoms with E-state index in [2.05, 4.69) is 0 Å². The number of hydrogen-bond donors (Lipinski definition) is 2. The Bertz CT molecular complexity index is 499. The molecule has 2 aliphatic carbocycles. The maximum atomic E-state index is 10.7. The first-order chi connectivity index (χ1) is 11.5. The summed E-state index contributed by atoms with van der Waals surface area (Å²) in [5.74, 6) is 0. The van der Waals surface area contributed by atoms with Gasteiger partial charge in [0.1, 0.15) is 0 Å². The molecule has 6 nitrogen and oxygen atoms in total. The van der Waals surface area contributed by atoms with Crippen molar-refractivity contribution in [2.45, 2.75) is 11.0 Å². The van der Waals surface area contributed by atoms with Gasteiger partial charge in [0.15, 0.2) is 0 Å². The Morgan fingerprint density at radius 3 is 0.593 bits per heavy atom. The molecule has 0 aromatic heterocycles. The topological polar surface area (TPSA) is 109 Å². The van der Waals surface area contributed by atoms with Crippen LogP contribution in [0.15, 0.2) is 0 Å². The summed E-state index contributed by atoms with van der Waals surface area (Å²) in [6, 6.07) is 0. The van der Waals surface area contributed by atoms with Gasteiger partial charge in [0.2, 0.25) is 0 Å².